The Bertz CT molecular complexity index is 3560. The fraction of sp³-hybridized carbons (Fsp3) is 0.0169. The van der Waals surface area contributed by atoms with Gasteiger partial charge in [-0.15, -0.1) is 0 Å². The summed E-state index contributed by atoms with van der Waals surface area (Å²) in [6, 6.07) is 82.6. The van der Waals surface area contributed by atoms with Crippen molar-refractivity contribution in [2.45, 2.75) is 5.41 Å². The van der Waals surface area contributed by atoms with Crippen molar-refractivity contribution in [3.05, 3.63) is 247 Å². The summed E-state index contributed by atoms with van der Waals surface area (Å²) in [4.78, 5) is 2.46. The van der Waals surface area contributed by atoms with Gasteiger partial charge in [-0.05, 0) is 108 Å². The van der Waals surface area contributed by atoms with Crippen molar-refractivity contribution in [2.75, 3.05) is 4.90 Å². The van der Waals surface area contributed by atoms with E-state index in [1.807, 2.05) is 6.07 Å². The highest BCUT2D eigenvalue weighted by molar-refractivity contribution is 6.14. The normalized spacial score (nSPS) is 14.6. The first kappa shape index (κ1) is 34.0. The zero-order valence-electron chi connectivity index (χ0n) is 33.2. The van der Waals surface area contributed by atoms with Crippen molar-refractivity contribution in [3.8, 4) is 44.5 Å². The third kappa shape index (κ3) is 4.73. The van der Waals surface area contributed by atoms with Crippen LogP contribution in [0.1, 0.15) is 22.3 Å². The van der Waals surface area contributed by atoms with Crippen LogP contribution in [0.2, 0.25) is 0 Å². The molecule has 61 heavy (non-hydrogen) atoms. The van der Waals surface area contributed by atoms with Gasteiger partial charge in [0.1, 0.15) is 11.2 Å². The monoisotopic (exact) mass is 775 g/mol. The second-order valence-electron chi connectivity index (χ2n) is 16.3. The summed E-state index contributed by atoms with van der Waals surface area (Å²) in [5.74, 6) is 0. The Hall–Kier alpha value is -7.94. The van der Waals surface area contributed by atoms with E-state index >= 15 is 0 Å². The van der Waals surface area contributed by atoms with Crippen molar-refractivity contribution in [1.29, 1.82) is 0 Å². The number of para-hydroxylation sites is 2. The van der Waals surface area contributed by atoms with Crippen molar-refractivity contribution in [1.82, 2.24) is 0 Å². The van der Waals surface area contributed by atoms with Crippen molar-refractivity contribution >= 4 is 49.8 Å². The van der Waals surface area contributed by atoms with Crippen LogP contribution in [0.3, 0.4) is 0 Å². The molecule has 0 N–H and O–H groups in total. The van der Waals surface area contributed by atoms with Gasteiger partial charge in [-0.1, -0.05) is 188 Å². The van der Waals surface area contributed by atoms with Crippen molar-refractivity contribution < 1.29 is 4.42 Å². The first-order chi connectivity index (χ1) is 30.3. The Morgan fingerprint density at radius 1 is 0.344 bits per heavy atom. The number of rotatable bonds is 4. The molecule has 11 aromatic rings. The summed E-state index contributed by atoms with van der Waals surface area (Å²) in [5.41, 5.74) is 19.4. The molecule has 2 aliphatic carbocycles. The Labute approximate surface area is 354 Å². The Balaban J connectivity index is 1.17. The Morgan fingerprint density at radius 2 is 0.918 bits per heavy atom. The van der Waals surface area contributed by atoms with Crippen LogP contribution in [0.15, 0.2) is 229 Å². The van der Waals surface area contributed by atoms with Gasteiger partial charge in [0.15, 0.2) is 0 Å². The topological polar surface area (TPSA) is 16.4 Å². The van der Waals surface area contributed by atoms with Crippen molar-refractivity contribution in [3.63, 3.8) is 0 Å². The SMILES string of the molecule is c1ccc(-c2ccccc2N(c2ccc3c(c2)-c2ccccc2-c2ccccc2C32c3ccccc3-c3c2ccc2ccccc32)c2cccc3oc4ccccc4c23)cc1. The average molecular weight is 776 g/mol. The molecule has 0 radical (unpaired) electrons. The first-order valence-electron chi connectivity index (χ1n) is 21.1. The van der Waals surface area contributed by atoms with E-state index in [0.717, 1.165) is 50.1 Å². The molecule has 284 valence electrons. The lowest BCUT2D eigenvalue weighted by atomic mass is 9.65. The summed E-state index contributed by atoms with van der Waals surface area (Å²) in [6.07, 6.45) is 0. The van der Waals surface area contributed by atoms with E-state index < -0.39 is 5.41 Å². The van der Waals surface area contributed by atoms with Gasteiger partial charge in [-0.25, -0.2) is 0 Å². The molecule has 10 aromatic carbocycles. The van der Waals surface area contributed by atoms with E-state index in [1.54, 1.807) is 0 Å². The molecular weight excluding hydrogens is 739 g/mol. The number of furan rings is 1. The van der Waals surface area contributed by atoms with Gasteiger partial charge in [0.2, 0.25) is 0 Å². The maximum Gasteiger partial charge on any atom is 0.137 e. The molecule has 0 fully saturated rings. The molecule has 1 spiro atoms. The Kier molecular flexibility index (Phi) is 7.26. The molecule has 13 rings (SSSR count). The molecule has 0 saturated carbocycles. The summed E-state index contributed by atoms with van der Waals surface area (Å²) in [6.45, 7) is 0. The fourth-order valence-electron chi connectivity index (χ4n) is 10.9. The average Bonchev–Trinajstić information content (AvgIpc) is 3.83. The molecule has 2 heteroatoms. The van der Waals surface area contributed by atoms with Crippen LogP contribution in [0.5, 0.6) is 0 Å². The van der Waals surface area contributed by atoms with Gasteiger partial charge >= 0.3 is 0 Å². The highest BCUT2D eigenvalue weighted by atomic mass is 16.3. The molecule has 1 unspecified atom stereocenters. The fourth-order valence-corrected chi connectivity index (χ4v) is 10.9. The van der Waals surface area contributed by atoms with Crippen LogP contribution in [0, 0.1) is 0 Å². The Morgan fingerprint density at radius 3 is 1.75 bits per heavy atom. The number of hydrogen-bond acceptors (Lipinski definition) is 2. The summed E-state index contributed by atoms with van der Waals surface area (Å²) < 4.78 is 6.55. The standard InChI is InChI=1S/C59H37NO/c1-2-17-38(18-3-1)41-20-10-14-29-53(41)60(54-30-16-32-56-58(54)47-26-11-15-31-55(47)61-56)40-34-36-51-48(37-40)44-23-7-6-22-43(44)45-24-8-12-27-49(45)59(51)50-28-13-9-25-46(50)57-42-21-5-4-19-39(42)33-35-52(57)59/h1-37H. The van der Waals surface area contributed by atoms with Crippen LogP contribution in [-0.4, -0.2) is 0 Å². The van der Waals surface area contributed by atoms with Crippen molar-refractivity contribution in [2.24, 2.45) is 0 Å². The van der Waals surface area contributed by atoms with Crippen LogP contribution in [0.4, 0.5) is 17.1 Å². The predicted octanol–water partition coefficient (Wildman–Crippen LogP) is 15.9. The molecule has 1 atom stereocenters. The lowest BCUT2D eigenvalue weighted by molar-refractivity contribution is 0.669. The van der Waals surface area contributed by atoms with Crippen LogP contribution >= 0.6 is 0 Å². The second kappa shape index (κ2) is 13.0. The molecule has 0 bridgehead atoms. The molecule has 0 saturated heterocycles. The van der Waals surface area contributed by atoms with Gasteiger partial charge in [0.25, 0.3) is 0 Å². The lowest BCUT2D eigenvalue weighted by Crippen LogP contribution is -2.29. The van der Waals surface area contributed by atoms with E-state index in [0.29, 0.717) is 0 Å². The highest BCUT2D eigenvalue weighted by Gasteiger charge is 2.50. The van der Waals surface area contributed by atoms with E-state index in [4.69, 9.17) is 4.42 Å². The smallest absolute Gasteiger partial charge is 0.137 e. The minimum atomic E-state index is -0.590. The molecule has 2 nitrogen and oxygen atoms in total. The summed E-state index contributed by atoms with van der Waals surface area (Å²) in [7, 11) is 0. The van der Waals surface area contributed by atoms with E-state index in [2.05, 4.69) is 223 Å². The molecule has 0 aliphatic heterocycles. The first-order valence-corrected chi connectivity index (χ1v) is 21.1. The van der Waals surface area contributed by atoms with Crippen LogP contribution in [0.25, 0.3) is 77.2 Å². The number of anilines is 3. The van der Waals surface area contributed by atoms with E-state index in [9.17, 15) is 0 Å². The maximum absolute atomic E-state index is 6.55. The quantitative estimate of drug-likeness (QED) is 0.177. The highest BCUT2D eigenvalue weighted by Crippen LogP contribution is 2.63. The van der Waals surface area contributed by atoms with Crippen LogP contribution < -0.4 is 4.90 Å². The summed E-state index contributed by atoms with van der Waals surface area (Å²) >= 11 is 0. The number of benzene rings is 10. The van der Waals surface area contributed by atoms with Gasteiger partial charge in [-0.2, -0.15) is 0 Å². The molecule has 2 aliphatic rings. The van der Waals surface area contributed by atoms with Gasteiger partial charge in [0.05, 0.1) is 22.2 Å². The lowest BCUT2D eigenvalue weighted by Gasteiger charge is -2.36. The molecule has 1 aromatic heterocycles. The minimum Gasteiger partial charge on any atom is -0.456 e. The number of nitrogens with zero attached hydrogens (tertiary/aromatic N) is 1. The molecule has 0 amide bonds. The van der Waals surface area contributed by atoms with E-state index in [1.165, 1.54) is 66.4 Å². The molecular formula is C59H37NO. The summed E-state index contributed by atoms with van der Waals surface area (Å²) in [5, 5.41) is 4.72. The zero-order chi connectivity index (χ0) is 40.1. The second-order valence-corrected chi connectivity index (χ2v) is 16.3. The largest absolute Gasteiger partial charge is 0.456 e. The zero-order valence-corrected chi connectivity index (χ0v) is 33.2. The van der Waals surface area contributed by atoms with Gasteiger partial charge < -0.3 is 9.32 Å². The maximum atomic E-state index is 6.55. The third-order valence-electron chi connectivity index (χ3n) is 13.3. The number of hydrogen-bond donors (Lipinski definition) is 0. The van der Waals surface area contributed by atoms with Gasteiger partial charge in [-0.3, -0.25) is 0 Å². The molecule has 1 heterocycles. The minimum absolute atomic E-state index is 0.590. The van der Waals surface area contributed by atoms with Crippen LogP contribution in [-0.2, 0) is 5.41 Å². The van der Waals surface area contributed by atoms with E-state index in [-0.39, 0.29) is 0 Å². The van der Waals surface area contributed by atoms with Gasteiger partial charge in [0, 0.05) is 16.6 Å². The predicted molar refractivity (Wildman–Crippen MR) is 253 cm³/mol. The number of fused-ring (bicyclic) bond motifs is 17. The third-order valence-corrected chi connectivity index (χ3v) is 13.3.